The Hall–Kier alpha value is -4.08. The van der Waals surface area contributed by atoms with Crippen LogP contribution in [-0.2, 0) is 14.3 Å². The van der Waals surface area contributed by atoms with Crippen molar-refractivity contribution in [3.05, 3.63) is 59.7 Å². The Morgan fingerprint density at radius 1 is 0.972 bits per heavy atom. The predicted molar refractivity (Wildman–Crippen MR) is 136 cm³/mol. The molecule has 0 heterocycles. The number of amides is 2. The van der Waals surface area contributed by atoms with E-state index in [1.54, 1.807) is 0 Å². The van der Waals surface area contributed by atoms with E-state index >= 15 is 0 Å². The molecule has 0 fully saturated rings. The molecule has 0 spiro atoms. The Bertz CT molecular complexity index is 1070. The van der Waals surface area contributed by atoms with Crippen molar-refractivity contribution in [1.29, 1.82) is 0 Å². The van der Waals surface area contributed by atoms with Crippen LogP contribution in [0.2, 0.25) is 0 Å². The monoisotopic (exact) mass is 495 g/mol. The van der Waals surface area contributed by atoms with E-state index in [1.165, 1.54) is 0 Å². The van der Waals surface area contributed by atoms with Crippen LogP contribution < -0.4 is 22.1 Å². The second-order valence-corrected chi connectivity index (χ2v) is 8.66. The number of hydrogen-bond acceptors (Lipinski definition) is 5. The van der Waals surface area contributed by atoms with Gasteiger partial charge in [0.1, 0.15) is 18.7 Å². The number of carboxylic acid groups (broad SMARTS) is 1. The lowest BCUT2D eigenvalue weighted by atomic mass is 9.98. The third-order valence-electron chi connectivity index (χ3n) is 6.09. The molecule has 1 aliphatic carbocycles. The first-order chi connectivity index (χ1) is 17.3. The first-order valence-electron chi connectivity index (χ1n) is 12.0. The number of carboxylic acids is 1. The van der Waals surface area contributed by atoms with Gasteiger partial charge in [-0.05, 0) is 41.5 Å². The molecular weight excluding hydrogens is 462 g/mol. The lowest BCUT2D eigenvalue weighted by Crippen LogP contribution is -2.51. The fourth-order valence-corrected chi connectivity index (χ4v) is 4.37. The number of fused-ring (bicyclic) bond motifs is 3. The molecule has 192 valence electrons. The van der Waals surface area contributed by atoms with Gasteiger partial charge in [0.2, 0.25) is 5.91 Å². The average molecular weight is 496 g/mol. The summed E-state index contributed by atoms with van der Waals surface area (Å²) in [4.78, 5) is 40.9. The van der Waals surface area contributed by atoms with Gasteiger partial charge in [-0.1, -0.05) is 61.9 Å². The number of benzene rings is 2. The number of nitrogens with zero attached hydrogens (tertiary/aromatic N) is 1. The molecular formula is C26H33N5O5. The number of carbonyl (C=O) groups is 3. The molecule has 2 amide bonds. The van der Waals surface area contributed by atoms with Crippen LogP contribution in [0, 0.1) is 0 Å². The molecule has 10 heteroatoms. The molecule has 0 aromatic heterocycles. The SMILES string of the molecule is CCC[C@H](NC(=O)OCC1c2ccccc2-c2ccccc21)C(=O)N[C@@H](CCCN=C(N)N)C(=O)O. The molecule has 2 aromatic rings. The van der Waals surface area contributed by atoms with Crippen LogP contribution >= 0.6 is 0 Å². The smallest absolute Gasteiger partial charge is 0.407 e. The molecule has 2 aromatic carbocycles. The molecule has 0 unspecified atom stereocenters. The highest BCUT2D eigenvalue weighted by atomic mass is 16.5. The molecule has 36 heavy (non-hydrogen) atoms. The summed E-state index contributed by atoms with van der Waals surface area (Å²) in [6, 6.07) is 13.9. The van der Waals surface area contributed by atoms with E-state index in [-0.39, 0.29) is 31.4 Å². The van der Waals surface area contributed by atoms with Crippen LogP contribution in [0.25, 0.3) is 11.1 Å². The molecule has 0 bridgehead atoms. The second kappa shape index (κ2) is 12.6. The zero-order valence-electron chi connectivity index (χ0n) is 20.3. The minimum absolute atomic E-state index is 0.0822. The van der Waals surface area contributed by atoms with E-state index in [2.05, 4.69) is 15.6 Å². The third-order valence-corrected chi connectivity index (χ3v) is 6.09. The number of aliphatic carboxylic acids is 1. The van der Waals surface area contributed by atoms with E-state index in [1.807, 2.05) is 55.5 Å². The maximum Gasteiger partial charge on any atom is 0.407 e. The summed E-state index contributed by atoms with van der Waals surface area (Å²) in [6.45, 7) is 2.23. The van der Waals surface area contributed by atoms with Crippen LogP contribution in [-0.4, -0.2) is 54.3 Å². The Kier molecular flexibility index (Phi) is 9.26. The van der Waals surface area contributed by atoms with E-state index < -0.39 is 30.1 Å². The highest BCUT2D eigenvalue weighted by Gasteiger charge is 2.30. The lowest BCUT2D eigenvalue weighted by molar-refractivity contribution is -0.142. The van der Waals surface area contributed by atoms with Crippen LogP contribution in [0.3, 0.4) is 0 Å². The van der Waals surface area contributed by atoms with Crippen molar-refractivity contribution in [3.8, 4) is 11.1 Å². The summed E-state index contributed by atoms with van der Waals surface area (Å²) in [7, 11) is 0. The van der Waals surface area contributed by atoms with E-state index in [9.17, 15) is 19.5 Å². The Labute approximate surface area is 210 Å². The zero-order valence-corrected chi connectivity index (χ0v) is 20.3. The minimum Gasteiger partial charge on any atom is -0.480 e. The van der Waals surface area contributed by atoms with Gasteiger partial charge in [-0.25, -0.2) is 9.59 Å². The van der Waals surface area contributed by atoms with Crippen molar-refractivity contribution in [3.63, 3.8) is 0 Å². The summed E-state index contributed by atoms with van der Waals surface area (Å²) < 4.78 is 5.54. The fourth-order valence-electron chi connectivity index (χ4n) is 4.37. The third kappa shape index (κ3) is 6.74. The molecule has 0 saturated heterocycles. The van der Waals surface area contributed by atoms with Crippen molar-refractivity contribution in [2.24, 2.45) is 16.5 Å². The molecule has 0 aliphatic heterocycles. The number of ether oxygens (including phenoxy) is 1. The van der Waals surface area contributed by atoms with Crippen molar-refractivity contribution in [2.75, 3.05) is 13.2 Å². The Morgan fingerprint density at radius 3 is 2.14 bits per heavy atom. The number of carbonyl (C=O) groups excluding carboxylic acids is 2. The Morgan fingerprint density at radius 2 is 1.58 bits per heavy atom. The van der Waals surface area contributed by atoms with Gasteiger partial charge in [0.15, 0.2) is 5.96 Å². The maximum atomic E-state index is 12.8. The maximum absolute atomic E-state index is 12.8. The van der Waals surface area contributed by atoms with E-state index in [0.29, 0.717) is 19.3 Å². The largest absolute Gasteiger partial charge is 0.480 e. The van der Waals surface area contributed by atoms with Crippen molar-refractivity contribution < 1.29 is 24.2 Å². The minimum atomic E-state index is -1.18. The molecule has 10 nitrogen and oxygen atoms in total. The highest BCUT2D eigenvalue weighted by molar-refractivity contribution is 5.89. The molecule has 1 aliphatic rings. The van der Waals surface area contributed by atoms with Gasteiger partial charge in [-0.15, -0.1) is 0 Å². The van der Waals surface area contributed by atoms with Gasteiger partial charge in [-0.3, -0.25) is 9.79 Å². The second-order valence-electron chi connectivity index (χ2n) is 8.66. The first kappa shape index (κ1) is 26.5. The Balaban J connectivity index is 1.59. The average Bonchev–Trinajstić information content (AvgIpc) is 3.17. The summed E-state index contributed by atoms with van der Waals surface area (Å²) >= 11 is 0. The normalized spacial score (nSPS) is 13.6. The van der Waals surface area contributed by atoms with Crippen molar-refractivity contribution in [1.82, 2.24) is 10.6 Å². The first-order valence-corrected chi connectivity index (χ1v) is 12.0. The summed E-state index contributed by atoms with van der Waals surface area (Å²) in [5.41, 5.74) is 14.9. The van der Waals surface area contributed by atoms with E-state index in [4.69, 9.17) is 16.2 Å². The molecule has 2 atom stereocenters. The quantitative estimate of drug-likeness (QED) is 0.171. The zero-order chi connectivity index (χ0) is 26.1. The number of alkyl carbamates (subject to hydrolysis) is 1. The van der Waals surface area contributed by atoms with Crippen LogP contribution in [0.5, 0.6) is 0 Å². The summed E-state index contributed by atoms with van der Waals surface area (Å²) in [5.74, 6) is -1.95. The van der Waals surface area contributed by atoms with Crippen molar-refractivity contribution >= 4 is 23.9 Å². The lowest BCUT2D eigenvalue weighted by Gasteiger charge is -2.21. The molecule has 0 saturated carbocycles. The van der Waals surface area contributed by atoms with E-state index in [0.717, 1.165) is 22.3 Å². The van der Waals surface area contributed by atoms with Gasteiger partial charge in [0.05, 0.1) is 0 Å². The summed E-state index contributed by atoms with van der Waals surface area (Å²) in [5, 5.41) is 14.6. The van der Waals surface area contributed by atoms with Crippen LogP contribution in [0.1, 0.15) is 49.7 Å². The number of aliphatic imine (C=N–C) groups is 1. The summed E-state index contributed by atoms with van der Waals surface area (Å²) in [6.07, 6.45) is 0.708. The number of rotatable bonds is 12. The highest BCUT2D eigenvalue weighted by Crippen LogP contribution is 2.44. The number of hydrogen-bond donors (Lipinski definition) is 5. The predicted octanol–water partition coefficient (Wildman–Crippen LogP) is 2.32. The molecule has 7 N–H and O–H groups in total. The van der Waals surface area contributed by atoms with Gasteiger partial charge in [0, 0.05) is 12.5 Å². The number of nitrogens with one attached hydrogen (secondary N) is 2. The topological polar surface area (TPSA) is 169 Å². The van der Waals surface area contributed by atoms with Gasteiger partial charge in [-0.2, -0.15) is 0 Å². The standard InChI is InChI=1S/C26H33N5O5/c1-2-8-21(23(32)30-22(24(33)34)13-7-14-29-25(27)28)31-26(35)36-15-20-18-11-5-3-9-16(18)17-10-4-6-12-19(17)20/h3-6,9-12,20-22H,2,7-8,13-15H2,1H3,(H,30,32)(H,31,35)(H,33,34)(H4,27,28,29)/t21-,22-/m0/s1. The van der Waals surface area contributed by atoms with Gasteiger partial charge >= 0.3 is 12.1 Å². The van der Waals surface area contributed by atoms with Crippen LogP contribution in [0.4, 0.5) is 4.79 Å². The fraction of sp³-hybridized carbons (Fsp3) is 0.385. The van der Waals surface area contributed by atoms with Crippen LogP contribution in [0.15, 0.2) is 53.5 Å². The van der Waals surface area contributed by atoms with Gasteiger partial charge < -0.3 is 31.9 Å². The molecule has 0 radical (unpaired) electrons. The number of nitrogens with two attached hydrogens (primary N) is 2. The van der Waals surface area contributed by atoms with Gasteiger partial charge in [0.25, 0.3) is 0 Å². The molecule has 3 rings (SSSR count). The number of guanidine groups is 1. The van der Waals surface area contributed by atoms with Crippen molar-refractivity contribution in [2.45, 2.75) is 50.6 Å².